The van der Waals surface area contributed by atoms with Crippen LogP contribution in [-0.4, -0.2) is 17.4 Å². The van der Waals surface area contributed by atoms with E-state index in [1.165, 1.54) is 12.1 Å². The van der Waals surface area contributed by atoms with Crippen molar-refractivity contribution in [3.05, 3.63) is 64.0 Å². The van der Waals surface area contributed by atoms with E-state index in [0.717, 1.165) is 24.3 Å². The summed E-state index contributed by atoms with van der Waals surface area (Å²) >= 11 is 0. The molecule has 2 aromatic rings. The van der Waals surface area contributed by atoms with E-state index in [1.54, 1.807) is 0 Å². The molecule has 0 aliphatic rings. The molecule has 0 fully saturated rings. The molecule has 23 heavy (non-hydrogen) atoms. The fourth-order valence-electron chi connectivity index (χ4n) is 1.72. The monoisotopic (exact) mass is 325 g/mol. The molecule has 2 rings (SSSR count). The van der Waals surface area contributed by atoms with E-state index in [-0.39, 0.29) is 17.9 Å². The maximum absolute atomic E-state index is 13.2. The lowest BCUT2D eigenvalue weighted by Gasteiger charge is -2.08. The van der Waals surface area contributed by atoms with Crippen molar-refractivity contribution in [2.24, 2.45) is 0 Å². The lowest BCUT2D eigenvalue weighted by atomic mass is 10.2. The van der Waals surface area contributed by atoms with E-state index < -0.39 is 34.0 Å². The number of nitro benzene ring substituents is 1. The maximum Gasteiger partial charge on any atom is 0.306 e. The second kappa shape index (κ2) is 6.77. The van der Waals surface area contributed by atoms with E-state index in [4.69, 9.17) is 0 Å². The van der Waals surface area contributed by atoms with Crippen molar-refractivity contribution in [3.8, 4) is 0 Å². The first kappa shape index (κ1) is 16.3. The summed E-state index contributed by atoms with van der Waals surface area (Å²) in [5, 5.41) is 15.5. The smallest absolute Gasteiger partial charge is 0.306 e. The van der Waals surface area contributed by atoms with Crippen molar-refractivity contribution in [1.82, 2.24) is 0 Å². The molecule has 0 aliphatic carbocycles. The fraction of sp³-hybridized carbons (Fsp3) is 0.0714. The summed E-state index contributed by atoms with van der Waals surface area (Å²) in [5.74, 6) is -3.74. The molecular weight excluding hydrogens is 315 g/mol. The van der Waals surface area contributed by atoms with Crippen LogP contribution >= 0.6 is 0 Å². The Labute approximate surface area is 128 Å². The third-order valence-corrected chi connectivity index (χ3v) is 2.80. The minimum absolute atomic E-state index is 0.0563. The Bertz CT molecular complexity index is 768. The summed E-state index contributed by atoms with van der Waals surface area (Å²) < 4.78 is 38.9. The van der Waals surface area contributed by atoms with Crippen LogP contribution in [0.15, 0.2) is 36.4 Å². The summed E-state index contributed by atoms with van der Waals surface area (Å²) in [4.78, 5) is 21.4. The molecule has 2 N–H and O–H groups in total. The van der Waals surface area contributed by atoms with Crippen LogP contribution in [-0.2, 0) is 4.79 Å². The van der Waals surface area contributed by atoms with E-state index in [1.807, 2.05) is 0 Å². The summed E-state index contributed by atoms with van der Waals surface area (Å²) in [7, 11) is 0. The second-order valence-corrected chi connectivity index (χ2v) is 4.45. The van der Waals surface area contributed by atoms with Crippen molar-refractivity contribution in [2.75, 3.05) is 17.2 Å². The molecule has 0 bridgehead atoms. The van der Waals surface area contributed by atoms with Crippen LogP contribution in [0.1, 0.15) is 0 Å². The first-order valence-electron chi connectivity index (χ1n) is 6.29. The Morgan fingerprint density at radius 2 is 1.65 bits per heavy atom. The molecule has 0 radical (unpaired) electrons. The molecule has 0 unspecified atom stereocenters. The highest BCUT2D eigenvalue weighted by Gasteiger charge is 2.14. The molecule has 0 atom stereocenters. The number of anilines is 2. The quantitative estimate of drug-likeness (QED) is 0.653. The van der Waals surface area contributed by atoms with Crippen molar-refractivity contribution < 1.29 is 22.9 Å². The van der Waals surface area contributed by atoms with E-state index in [9.17, 15) is 28.1 Å². The zero-order chi connectivity index (χ0) is 17.0. The molecule has 6 nitrogen and oxygen atoms in total. The van der Waals surface area contributed by atoms with Gasteiger partial charge in [0.05, 0.1) is 11.5 Å². The third kappa shape index (κ3) is 4.19. The number of amides is 1. The molecule has 0 aromatic heterocycles. The van der Waals surface area contributed by atoms with Gasteiger partial charge in [0, 0.05) is 23.5 Å². The number of nitro groups is 1. The van der Waals surface area contributed by atoms with Gasteiger partial charge in [0.2, 0.25) is 11.7 Å². The molecule has 0 aliphatic heterocycles. The van der Waals surface area contributed by atoms with Crippen molar-refractivity contribution in [2.45, 2.75) is 0 Å². The number of halogens is 3. The summed E-state index contributed by atoms with van der Waals surface area (Å²) in [6, 6.07) is 5.93. The summed E-state index contributed by atoms with van der Waals surface area (Å²) in [5.41, 5.74) is -0.504. The molecule has 1 amide bonds. The van der Waals surface area contributed by atoms with Gasteiger partial charge in [0.15, 0.2) is 11.6 Å². The molecule has 0 saturated carbocycles. The number of hydrogen-bond donors (Lipinski definition) is 2. The Morgan fingerprint density at radius 1 is 1.00 bits per heavy atom. The van der Waals surface area contributed by atoms with Gasteiger partial charge in [0.1, 0.15) is 0 Å². The predicted octanol–water partition coefficient (Wildman–Crippen LogP) is 3.06. The number of nitrogens with one attached hydrogen (secondary N) is 2. The topological polar surface area (TPSA) is 84.3 Å². The first-order chi connectivity index (χ1) is 10.9. The molecule has 120 valence electrons. The zero-order valence-electron chi connectivity index (χ0n) is 11.5. The van der Waals surface area contributed by atoms with Gasteiger partial charge in [-0.05, 0) is 24.3 Å². The van der Waals surface area contributed by atoms with Crippen LogP contribution in [0.3, 0.4) is 0 Å². The Morgan fingerprint density at radius 3 is 2.30 bits per heavy atom. The third-order valence-electron chi connectivity index (χ3n) is 2.80. The highest BCUT2D eigenvalue weighted by Crippen LogP contribution is 2.21. The number of carbonyl (C=O) groups is 1. The second-order valence-electron chi connectivity index (χ2n) is 4.45. The Kier molecular flexibility index (Phi) is 4.79. The van der Waals surface area contributed by atoms with Crippen LogP contribution in [0.2, 0.25) is 0 Å². The minimum Gasteiger partial charge on any atom is -0.376 e. The van der Waals surface area contributed by atoms with Gasteiger partial charge < -0.3 is 10.6 Å². The van der Waals surface area contributed by atoms with E-state index in [0.29, 0.717) is 0 Å². The molecule has 0 spiro atoms. The van der Waals surface area contributed by atoms with Crippen molar-refractivity contribution in [3.63, 3.8) is 0 Å². The molecule has 0 saturated heterocycles. The van der Waals surface area contributed by atoms with Gasteiger partial charge in [-0.2, -0.15) is 4.39 Å². The number of nitrogens with zero attached hydrogens (tertiary/aromatic N) is 1. The predicted molar refractivity (Wildman–Crippen MR) is 76.5 cm³/mol. The van der Waals surface area contributed by atoms with Gasteiger partial charge in [-0.3, -0.25) is 14.9 Å². The van der Waals surface area contributed by atoms with Crippen LogP contribution in [0.5, 0.6) is 0 Å². The van der Waals surface area contributed by atoms with E-state index in [2.05, 4.69) is 10.6 Å². The van der Waals surface area contributed by atoms with Gasteiger partial charge in [-0.25, -0.2) is 8.78 Å². The maximum atomic E-state index is 13.2. The SMILES string of the molecule is O=C(CNc1ccc(F)c([N+](=O)[O-])c1)Nc1ccc(F)c(F)c1. The number of hydrogen-bond acceptors (Lipinski definition) is 4. The van der Waals surface area contributed by atoms with Crippen LogP contribution in [0.4, 0.5) is 30.2 Å². The Hall–Kier alpha value is -3.10. The van der Waals surface area contributed by atoms with Gasteiger partial charge in [-0.1, -0.05) is 0 Å². The lowest BCUT2D eigenvalue weighted by molar-refractivity contribution is -0.387. The fourth-order valence-corrected chi connectivity index (χ4v) is 1.72. The Balaban J connectivity index is 1.97. The molecular formula is C14H10F3N3O3. The van der Waals surface area contributed by atoms with Crippen molar-refractivity contribution in [1.29, 1.82) is 0 Å². The van der Waals surface area contributed by atoms with Gasteiger partial charge in [-0.15, -0.1) is 0 Å². The van der Waals surface area contributed by atoms with Gasteiger partial charge >= 0.3 is 5.69 Å². The summed E-state index contributed by atoms with van der Waals surface area (Å²) in [6.07, 6.45) is 0. The van der Waals surface area contributed by atoms with Crippen molar-refractivity contribution >= 4 is 23.0 Å². The van der Waals surface area contributed by atoms with Crippen LogP contribution in [0.25, 0.3) is 0 Å². The largest absolute Gasteiger partial charge is 0.376 e. The first-order valence-corrected chi connectivity index (χ1v) is 6.29. The zero-order valence-corrected chi connectivity index (χ0v) is 11.5. The minimum atomic E-state index is -1.11. The highest BCUT2D eigenvalue weighted by atomic mass is 19.2. The van der Waals surface area contributed by atoms with Crippen LogP contribution < -0.4 is 10.6 Å². The summed E-state index contributed by atoms with van der Waals surface area (Å²) in [6.45, 7) is -0.304. The van der Waals surface area contributed by atoms with Crippen LogP contribution in [0, 0.1) is 27.6 Å². The van der Waals surface area contributed by atoms with E-state index >= 15 is 0 Å². The normalized spacial score (nSPS) is 10.2. The average molecular weight is 325 g/mol. The molecule has 2 aromatic carbocycles. The molecule has 0 heterocycles. The number of benzene rings is 2. The average Bonchev–Trinajstić information content (AvgIpc) is 2.50. The van der Waals surface area contributed by atoms with Gasteiger partial charge in [0.25, 0.3) is 0 Å². The number of rotatable bonds is 5. The standard InChI is InChI=1S/C14H10F3N3O3/c15-10-3-2-9(5-12(10)17)19-14(21)7-18-8-1-4-11(16)13(6-8)20(22)23/h1-6,18H,7H2,(H,19,21). The number of carbonyl (C=O) groups excluding carboxylic acids is 1. The molecule has 9 heteroatoms. The lowest BCUT2D eigenvalue weighted by Crippen LogP contribution is -2.21. The highest BCUT2D eigenvalue weighted by molar-refractivity contribution is 5.93.